The first kappa shape index (κ1) is 35.7. The fourth-order valence-electron chi connectivity index (χ4n) is 7.04. The van der Waals surface area contributed by atoms with Gasteiger partial charge in [0.15, 0.2) is 11.5 Å². The zero-order valence-electron chi connectivity index (χ0n) is 29.2. The van der Waals surface area contributed by atoms with Gasteiger partial charge in [0, 0.05) is 51.1 Å². The summed E-state index contributed by atoms with van der Waals surface area (Å²) in [7, 11) is 4.74. The van der Waals surface area contributed by atoms with Crippen LogP contribution in [-0.2, 0) is 22.6 Å². The lowest BCUT2D eigenvalue weighted by Gasteiger charge is -2.32. The molecule has 0 bridgehead atoms. The Labute approximate surface area is 289 Å². The highest BCUT2D eigenvalue weighted by atomic mass is 16.5. The van der Waals surface area contributed by atoms with E-state index in [0.29, 0.717) is 48.7 Å². The zero-order valence-corrected chi connectivity index (χ0v) is 29.2. The van der Waals surface area contributed by atoms with Gasteiger partial charge in [0.1, 0.15) is 0 Å². The molecule has 1 aliphatic heterocycles. The topological polar surface area (TPSA) is 118 Å². The minimum absolute atomic E-state index is 0.117. The van der Waals surface area contributed by atoms with E-state index in [1.807, 2.05) is 18.2 Å². The van der Waals surface area contributed by atoms with Crippen molar-refractivity contribution in [1.82, 2.24) is 15.5 Å². The van der Waals surface area contributed by atoms with Gasteiger partial charge in [-0.3, -0.25) is 19.3 Å². The Morgan fingerprint density at radius 3 is 2.31 bits per heavy atom. The normalized spacial score (nSPS) is 16.0. The molecule has 1 unspecified atom stereocenters. The van der Waals surface area contributed by atoms with Crippen molar-refractivity contribution in [2.24, 2.45) is 0 Å². The summed E-state index contributed by atoms with van der Waals surface area (Å²) >= 11 is 0. The summed E-state index contributed by atoms with van der Waals surface area (Å²) in [5, 5.41) is 9.59. The Bertz CT molecular complexity index is 1660. The Balaban J connectivity index is 1.17. The first-order chi connectivity index (χ1) is 23.8. The van der Waals surface area contributed by atoms with Gasteiger partial charge < -0.3 is 30.2 Å². The number of aryl methyl sites for hydroxylation is 1. The van der Waals surface area contributed by atoms with Crippen LogP contribution in [0.4, 0.5) is 5.69 Å². The van der Waals surface area contributed by atoms with Crippen LogP contribution in [0.1, 0.15) is 74.6 Å². The van der Waals surface area contributed by atoms with E-state index in [2.05, 4.69) is 45.1 Å². The smallest absolute Gasteiger partial charge is 0.220 e. The number of hydrogen-bond acceptors (Lipinski definition) is 8. The Hall–Kier alpha value is -4.57. The molecular formula is C39H50N4O6. The van der Waals surface area contributed by atoms with Crippen molar-refractivity contribution < 1.29 is 23.8 Å². The molecule has 3 aromatic rings. The number of carbonyl (C=O) groups is 2. The number of likely N-dealkylation sites (tertiary alicyclic amines) is 1. The van der Waals surface area contributed by atoms with Crippen LogP contribution in [0.2, 0.25) is 0 Å². The Morgan fingerprint density at radius 1 is 0.857 bits per heavy atom. The predicted molar refractivity (Wildman–Crippen MR) is 193 cm³/mol. The third-order valence-corrected chi connectivity index (χ3v) is 9.51. The lowest BCUT2D eigenvalue weighted by molar-refractivity contribution is -0.122. The molecule has 0 saturated carbocycles. The maximum absolute atomic E-state index is 13.5. The molecule has 49 heavy (non-hydrogen) atoms. The number of methoxy groups -OCH3 is 3. The molecule has 0 spiro atoms. The molecule has 1 heterocycles. The van der Waals surface area contributed by atoms with E-state index in [4.69, 9.17) is 14.2 Å². The average molecular weight is 671 g/mol. The first-order valence-electron chi connectivity index (χ1n) is 17.4. The summed E-state index contributed by atoms with van der Waals surface area (Å²) in [5.41, 5.74) is 4.97. The Kier molecular flexibility index (Phi) is 12.5. The third kappa shape index (κ3) is 9.12. The number of anilines is 1. The molecule has 3 aromatic carbocycles. The van der Waals surface area contributed by atoms with Crippen LogP contribution in [0.3, 0.4) is 0 Å². The number of benzene rings is 2. The minimum Gasteiger partial charge on any atom is -0.493 e. The molecule has 1 aliphatic carbocycles. The second-order valence-electron chi connectivity index (χ2n) is 12.9. The monoisotopic (exact) mass is 670 g/mol. The van der Waals surface area contributed by atoms with Gasteiger partial charge in [-0.15, -0.1) is 0 Å². The highest BCUT2D eigenvalue weighted by Gasteiger charge is 2.29. The molecule has 0 radical (unpaired) electrons. The molecule has 2 aliphatic rings. The predicted octanol–water partition coefficient (Wildman–Crippen LogP) is 5.62. The molecule has 10 heteroatoms. The fraction of sp³-hybridized carbons (Fsp3) is 0.462. The van der Waals surface area contributed by atoms with Crippen LogP contribution in [0.5, 0.6) is 17.2 Å². The molecule has 2 amide bonds. The van der Waals surface area contributed by atoms with Gasteiger partial charge >= 0.3 is 0 Å². The second kappa shape index (κ2) is 17.2. The second-order valence-corrected chi connectivity index (χ2v) is 12.9. The number of fused-ring (bicyclic) bond motifs is 3. The van der Waals surface area contributed by atoms with Crippen molar-refractivity contribution in [2.75, 3.05) is 46.3 Å². The van der Waals surface area contributed by atoms with Gasteiger partial charge in [0.05, 0.1) is 33.1 Å². The number of carbonyl (C=O) groups excluding carboxylic acids is 2. The third-order valence-electron chi connectivity index (χ3n) is 9.51. The summed E-state index contributed by atoms with van der Waals surface area (Å²) in [6.45, 7) is 5.02. The van der Waals surface area contributed by atoms with Gasteiger partial charge in [-0.05, 0) is 79.0 Å². The molecule has 262 valence electrons. The highest BCUT2D eigenvalue weighted by Crippen LogP contribution is 2.50. The lowest BCUT2D eigenvalue weighted by atomic mass is 9.95. The van der Waals surface area contributed by atoms with Gasteiger partial charge in [-0.25, -0.2) is 0 Å². The number of nitrogens with one attached hydrogen (secondary N) is 3. The van der Waals surface area contributed by atoms with E-state index >= 15 is 0 Å². The Morgan fingerprint density at radius 2 is 1.61 bits per heavy atom. The van der Waals surface area contributed by atoms with Crippen LogP contribution in [0.25, 0.3) is 11.1 Å². The van der Waals surface area contributed by atoms with E-state index in [1.54, 1.807) is 33.5 Å². The van der Waals surface area contributed by atoms with Crippen LogP contribution >= 0.6 is 0 Å². The maximum atomic E-state index is 13.5. The van der Waals surface area contributed by atoms with Gasteiger partial charge in [-0.2, -0.15) is 0 Å². The van der Waals surface area contributed by atoms with Crippen molar-refractivity contribution >= 4 is 17.5 Å². The van der Waals surface area contributed by atoms with Crippen molar-refractivity contribution in [1.29, 1.82) is 0 Å². The molecule has 5 rings (SSSR count). The molecule has 3 N–H and O–H groups in total. The number of ether oxygens (including phenoxy) is 3. The average Bonchev–Trinajstić information content (AvgIpc) is 3.34. The van der Waals surface area contributed by atoms with Gasteiger partial charge in [-0.1, -0.05) is 42.8 Å². The highest BCUT2D eigenvalue weighted by molar-refractivity contribution is 5.83. The summed E-state index contributed by atoms with van der Waals surface area (Å²) in [5.74, 6) is 1.50. The molecule has 10 nitrogen and oxygen atoms in total. The van der Waals surface area contributed by atoms with E-state index in [1.165, 1.54) is 12.5 Å². The number of amides is 2. The molecular weight excluding hydrogens is 620 g/mol. The van der Waals surface area contributed by atoms with Crippen LogP contribution < -0.4 is 35.6 Å². The first-order valence-corrected chi connectivity index (χ1v) is 17.4. The summed E-state index contributed by atoms with van der Waals surface area (Å²) in [4.78, 5) is 40.8. The van der Waals surface area contributed by atoms with Crippen molar-refractivity contribution in [2.45, 2.75) is 76.9 Å². The van der Waals surface area contributed by atoms with Crippen LogP contribution in [-0.4, -0.2) is 63.7 Å². The molecule has 0 aromatic heterocycles. The zero-order chi connectivity index (χ0) is 34.8. The molecule has 1 atom stereocenters. The standard InChI is InChI=1S/C39H50N4O6/c1-26(44)41-32-16-14-28-23-35(47-2)38(48-3)39(49-4)37(28)30-15-17-33(34(45)24-31(30)32)40-20-10-6-9-13-36(46)42-29-18-21-43(22-19-29)25-27-11-7-5-8-12-27/h5,7-8,11-12,15,17,23-24,29,32H,6,9-10,13-14,16,18-22,25H2,1-4H3,(H,40,45)(H,41,44)(H,42,46). The number of piperidine rings is 1. The summed E-state index contributed by atoms with van der Waals surface area (Å²) in [6, 6.07) is 17.7. The van der Waals surface area contributed by atoms with E-state index < -0.39 is 0 Å². The van der Waals surface area contributed by atoms with Gasteiger partial charge in [0.2, 0.25) is 23.0 Å². The number of nitrogens with zero attached hydrogens (tertiary/aromatic N) is 1. The molecule has 1 fully saturated rings. The van der Waals surface area contributed by atoms with Crippen molar-refractivity contribution in [3.63, 3.8) is 0 Å². The number of rotatable bonds is 14. The van der Waals surface area contributed by atoms with Crippen molar-refractivity contribution in [3.8, 4) is 28.4 Å². The van der Waals surface area contributed by atoms with Crippen molar-refractivity contribution in [3.05, 3.63) is 81.5 Å². The van der Waals surface area contributed by atoms with E-state index in [0.717, 1.165) is 74.0 Å². The quantitative estimate of drug-likeness (QED) is 0.189. The number of unbranched alkanes of at least 4 members (excludes halogenated alkanes) is 2. The van der Waals surface area contributed by atoms with Crippen LogP contribution in [0.15, 0.2) is 59.4 Å². The maximum Gasteiger partial charge on any atom is 0.220 e. The van der Waals surface area contributed by atoms with E-state index in [9.17, 15) is 14.4 Å². The molecule has 1 saturated heterocycles. The van der Waals surface area contributed by atoms with E-state index in [-0.39, 0.29) is 29.3 Å². The largest absolute Gasteiger partial charge is 0.493 e. The minimum atomic E-state index is -0.359. The fourth-order valence-corrected chi connectivity index (χ4v) is 7.04. The lowest BCUT2D eigenvalue weighted by Crippen LogP contribution is -2.44. The summed E-state index contributed by atoms with van der Waals surface area (Å²) < 4.78 is 17.2. The SMILES string of the molecule is COc1cc2c(c(OC)c1OC)-c1ccc(NCCCCCC(=O)NC3CCN(Cc4ccccc4)CC3)c(=O)cc1C(NC(C)=O)CC2. The van der Waals surface area contributed by atoms with Gasteiger partial charge in [0.25, 0.3) is 0 Å². The van der Waals surface area contributed by atoms with Crippen LogP contribution in [0, 0.1) is 0 Å². The number of hydrogen-bond donors (Lipinski definition) is 3. The summed E-state index contributed by atoms with van der Waals surface area (Å²) in [6.07, 6.45) is 6.19.